The minimum Gasteiger partial charge on any atom is -0.495 e. The number of rotatable bonds is 4. The lowest BCUT2D eigenvalue weighted by Crippen LogP contribution is -2.64. The van der Waals surface area contributed by atoms with Gasteiger partial charge in [-0.3, -0.25) is 19.5 Å². The van der Waals surface area contributed by atoms with E-state index in [1.54, 1.807) is 19.1 Å². The lowest BCUT2D eigenvalue weighted by molar-refractivity contribution is -0.136. The Kier molecular flexibility index (Phi) is 4.28. The van der Waals surface area contributed by atoms with Crippen molar-refractivity contribution in [3.8, 4) is 5.75 Å². The number of aliphatic imine (C=N–C) groups is 1. The molecule has 0 aromatic heterocycles. The topological polar surface area (TPSA) is 68.7 Å². The van der Waals surface area contributed by atoms with Crippen molar-refractivity contribution in [2.24, 2.45) is 4.99 Å². The van der Waals surface area contributed by atoms with Crippen LogP contribution in [0.15, 0.2) is 40.7 Å². The number of fused-ring (bicyclic) bond motifs is 3. The van der Waals surface area contributed by atoms with Crippen LogP contribution >= 0.6 is 0 Å². The highest BCUT2D eigenvalue weighted by Gasteiger charge is 2.55. The zero-order valence-corrected chi connectivity index (χ0v) is 16.8. The van der Waals surface area contributed by atoms with Gasteiger partial charge in [-0.05, 0) is 32.4 Å². The summed E-state index contributed by atoms with van der Waals surface area (Å²) >= 11 is 0. The molecule has 3 heterocycles. The minimum atomic E-state index is -0.543. The van der Waals surface area contributed by atoms with Gasteiger partial charge in [0.25, 0.3) is 5.91 Å². The van der Waals surface area contributed by atoms with E-state index < -0.39 is 12.2 Å². The monoisotopic (exact) mass is 383 g/mol. The summed E-state index contributed by atoms with van der Waals surface area (Å²) < 4.78 is 5.54. The van der Waals surface area contributed by atoms with Gasteiger partial charge < -0.3 is 9.64 Å². The Bertz CT molecular complexity index is 909. The number of hydrogen-bond donors (Lipinski definition) is 0. The Balaban J connectivity index is 1.80. The second-order valence-electron chi connectivity index (χ2n) is 7.22. The maximum absolute atomic E-state index is 13.2. The molecule has 0 spiro atoms. The number of amides is 3. The zero-order valence-electron chi connectivity index (χ0n) is 16.8. The second-order valence-corrected chi connectivity index (χ2v) is 7.22. The lowest BCUT2D eigenvalue weighted by Gasteiger charge is -2.40. The number of para-hydroxylation sites is 2. The molecule has 148 valence electrons. The first kappa shape index (κ1) is 18.3. The molecule has 4 rings (SSSR count). The van der Waals surface area contributed by atoms with Gasteiger partial charge in [0.1, 0.15) is 5.75 Å². The van der Waals surface area contributed by atoms with E-state index in [1.807, 2.05) is 54.8 Å². The first-order valence-corrected chi connectivity index (χ1v) is 9.48. The smallest absolute Gasteiger partial charge is 0.328 e. The molecule has 2 atom stereocenters. The minimum absolute atomic E-state index is 0.192. The molecular formula is C20H25N5O3. The molecule has 0 aliphatic carbocycles. The molecule has 0 N–H and O–H groups in total. The third kappa shape index (κ3) is 2.33. The Morgan fingerprint density at radius 2 is 1.86 bits per heavy atom. The average Bonchev–Trinajstić information content (AvgIpc) is 3.19. The van der Waals surface area contributed by atoms with Gasteiger partial charge in [-0.25, -0.2) is 9.79 Å². The van der Waals surface area contributed by atoms with Crippen LogP contribution in [0.25, 0.3) is 0 Å². The molecule has 8 heteroatoms. The molecule has 3 amide bonds. The second kappa shape index (κ2) is 6.54. The van der Waals surface area contributed by atoms with Crippen LogP contribution in [-0.4, -0.2) is 65.5 Å². The molecule has 3 aliphatic rings. The van der Waals surface area contributed by atoms with Crippen LogP contribution in [0.4, 0.5) is 10.5 Å². The molecular weight excluding hydrogens is 358 g/mol. The van der Waals surface area contributed by atoms with Gasteiger partial charge in [0.05, 0.1) is 12.8 Å². The van der Waals surface area contributed by atoms with E-state index in [4.69, 9.17) is 9.73 Å². The molecule has 28 heavy (non-hydrogen) atoms. The van der Waals surface area contributed by atoms with Crippen LogP contribution in [0.2, 0.25) is 0 Å². The van der Waals surface area contributed by atoms with Crippen molar-refractivity contribution >= 4 is 23.6 Å². The Labute approximate surface area is 164 Å². The largest absolute Gasteiger partial charge is 0.495 e. The SMILES string of the molecule is CCCN1C(=O)C2C(N=C3N(c4ccccc4OC)C(C)=C(C)N32)N(C)C1=O. The third-order valence-electron chi connectivity index (χ3n) is 5.67. The Hall–Kier alpha value is -3.03. The maximum atomic E-state index is 13.2. The van der Waals surface area contributed by atoms with Gasteiger partial charge in [-0.2, -0.15) is 0 Å². The van der Waals surface area contributed by atoms with E-state index in [2.05, 4.69) is 0 Å². The molecule has 0 radical (unpaired) electrons. The number of methoxy groups -OCH3 is 1. The van der Waals surface area contributed by atoms with Crippen LogP contribution in [0, 0.1) is 0 Å². The van der Waals surface area contributed by atoms with Crippen molar-refractivity contribution in [2.45, 2.75) is 39.4 Å². The highest BCUT2D eigenvalue weighted by Crippen LogP contribution is 2.42. The van der Waals surface area contributed by atoms with E-state index in [-0.39, 0.29) is 11.9 Å². The first-order valence-electron chi connectivity index (χ1n) is 9.48. The normalized spacial score (nSPS) is 24.1. The van der Waals surface area contributed by atoms with Crippen molar-refractivity contribution in [3.63, 3.8) is 0 Å². The number of carbonyl (C=O) groups is 2. The van der Waals surface area contributed by atoms with Crippen LogP contribution in [0.1, 0.15) is 27.2 Å². The van der Waals surface area contributed by atoms with E-state index >= 15 is 0 Å². The summed E-state index contributed by atoms with van der Waals surface area (Å²) in [4.78, 5) is 37.6. The fourth-order valence-electron chi connectivity index (χ4n) is 4.15. The fraction of sp³-hybridized carbons (Fsp3) is 0.450. The van der Waals surface area contributed by atoms with E-state index in [1.165, 1.54) is 4.90 Å². The molecule has 1 fully saturated rings. The number of anilines is 1. The summed E-state index contributed by atoms with van der Waals surface area (Å²) in [5, 5.41) is 0. The summed E-state index contributed by atoms with van der Waals surface area (Å²) in [6.07, 6.45) is 0.181. The van der Waals surface area contributed by atoms with Gasteiger partial charge in [-0.15, -0.1) is 0 Å². The van der Waals surface area contributed by atoms with E-state index in [0.29, 0.717) is 12.5 Å². The van der Waals surface area contributed by atoms with Crippen molar-refractivity contribution in [1.29, 1.82) is 0 Å². The van der Waals surface area contributed by atoms with E-state index in [0.717, 1.165) is 29.3 Å². The van der Waals surface area contributed by atoms with Crippen molar-refractivity contribution in [3.05, 3.63) is 35.7 Å². The van der Waals surface area contributed by atoms with Gasteiger partial charge in [0.15, 0.2) is 12.2 Å². The summed E-state index contributed by atoms with van der Waals surface area (Å²) in [7, 11) is 3.34. The number of guanidine groups is 1. The van der Waals surface area contributed by atoms with Crippen molar-refractivity contribution in [1.82, 2.24) is 14.7 Å². The summed E-state index contributed by atoms with van der Waals surface area (Å²) in [5.74, 6) is 1.18. The number of imide groups is 1. The fourth-order valence-corrected chi connectivity index (χ4v) is 4.15. The molecule has 1 saturated heterocycles. The predicted molar refractivity (Wildman–Crippen MR) is 106 cm³/mol. The molecule has 1 aromatic rings. The van der Waals surface area contributed by atoms with Gasteiger partial charge >= 0.3 is 6.03 Å². The standard InChI is InChI=1S/C20H25N5O3/c1-6-11-23-18(26)16-17(22(4)20(23)27)21-19-24(12(2)13(3)25(16)19)14-9-7-8-10-15(14)28-5/h7-10,16-17H,6,11H2,1-5H3. The summed E-state index contributed by atoms with van der Waals surface area (Å²) in [6.45, 7) is 6.35. The Morgan fingerprint density at radius 1 is 1.14 bits per heavy atom. The zero-order chi connectivity index (χ0) is 20.2. The van der Waals surface area contributed by atoms with Crippen molar-refractivity contribution < 1.29 is 14.3 Å². The molecule has 0 saturated carbocycles. The maximum Gasteiger partial charge on any atom is 0.328 e. The average molecular weight is 383 g/mol. The number of ether oxygens (including phenoxy) is 1. The number of carbonyl (C=O) groups excluding carboxylic acids is 2. The number of allylic oxidation sites excluding steroid dienone is 2. The Morgan fingerprint density at radius 3 is 2.54 bits per heavy atom. The summed E-state index contributed by atoms with van der Waals surface area (Å²) in [6, 6.07) is 6.88. The quantitative estimate of drug-likeness (QED) is 0.799. The van der Waals surface area contributed by atoms with E-state index in [9.17, 15) is 9.59 Å². The number of likely N-dealkylation sites (N-methyl/N-ethyl adjacent to an activating group) is 1. The molecule has 2 unspecified atom stereocenters. The predicted octanol–water partition coefficient (Wildman–Crippen LogP) is 2.44. The molecule has 0 bridgehead atoms. The number of benzene rings is 1. The highest BCUT2D eigenvalue weighted by molar-refractivity contribution is 6.11. The summed E-state index contributed by atoms with van der Waals surface area (Å²) in [5.41, 5.74) is 2.79. The molecule has 8 nitrogen and oxygen atoms in total. The third-order valence-corrected chi connectivity index (χ3v) is 5.67. The highest BCUT2D eigenvalue weighted by atomic mass is 16.5. The lowest BCUT2D eigenvalue weighted by atomic mass is 10.1. The number of nitrogens with zero attached hydrogens (tertiary/aromatic N) is 5. The number of hydrogen-bond acceptors (Lipinski definition) is 6. The van der Waals surface area contributed by atoms with Gasteiger partial charge in [0.2, 0.25) is 5.96 Å². The van der Waals surface area contributed by atoms with Gasteiger partial charge in [-0.1, -0.05) is 19.1 Å². The van der Waals surface area contributed by atoms with Crippen LogP contribution in [0.5, 0.6) is 5.75 Å². The first-order chi connectivity index (χ1) is 13.4. The number of urea groups is 1. The van der Waals surface area contributed by atoms with Gasteiger partial charge in [0, 0.05) is 25.0 Å². The molecule has 3 aliphatic heterocycles. The van der Waals surface area contributed by atoms with Crippen LogP contribution < -0.4 is 9.64 Å². The molecule has 1 aromatic carbocycles. The van der Waals surface area contributed by atoms with Crippen LogP contribution in [-0.2, 0) is 4.79 Å². The van der Waals surface area contributed by atoms with Crippen LogP contribution in [0.3, 0.4) is 0 Å². The van der Waals surface area contributed by atoms with Crippen molar-refractivity contribution in [2.75, 3.05) is 25.6 Å².